The van der Waals surface area contributed by atoms with Gasteiger partial charge in [-0.2, -0.15) is 18.3 Å². The maximum Gasteiger partial charge on any atom is 0.433 e. The van der Waals surface area contributed by atoms with Crippen LogP contribution in [0, 0.1) is 0 Å². The Morgan fingerprint density at radius 1 is 1.32 bits per heavy atom. The molecule has 0 spiro atoms. The van der Waals surface area contributed by atoms with Gasteiger partial charge in [0.2, 0.25) is 0 Å². The number of pyridine rings is 1. The van der Waals surface area contributed by atoms with Crippen molar-refractivity contribution < 1.29 is 17.9 Å². The lowest BCUT2D eigenvalue weighted by Gasteiger charge is -2.11. The van der Waals surface area contributed by atoms with Gasteiger partial charge >= 0.3 is 6.18 Å². The Morgan fingerprint density at radius 2 is 2.07 bits per heavy atom. The summed E-state index contributed by atoms with van der Waals surface area (Å²) in [6.07, 6.45) is -2.07. The molecule has 150 valence electrons. The summed E-state index contributed by atoms with van der Waals surface area (Å²) >= 11 is 6.15. The molecule has 10 heteroatoms. The number of benzene rings is 1. The van der Waals surface area contributed by atoms with Crippen LogP contribution in [0.25, 0.3) is 0 Å². The van der Waals surface area contributed by atoms with Gasteiger partial charge in [0.15, 0.2) is 0 Å². The summed E-state index contributed by atoms with van der Waals surface area (Å²) in [4.78, 5) is 7.52. The molecule has 0 aliphatic rings. The Hall–Kier alpha value is -2.81. The fraction of sp³-hybridized carbons (Fsp3) is 0.278. The third kappa shape index (κ3) is 6.41. The lowest BCUT2D eigenvalue weighted by atomic mass is 10.3. The summed E-state index contributed by atoms with van der Waals surface area (Å²) in [6, 6.07) is 7.34. The first-order valence-electron chi connectivity index (χ1n) is 8.23. The van der Waals surface area contributed by atoms with Crippen molar-refractivity contribution in [1.82, 2.24) is 4.98 Å². The summed E-state index contributed by atoms with van der Waals surface area (Å²) in [7, 11) is 0. The third-order valence-corrected chi connectivity index (χ3v) is 3.63. The molecule has 1 aromatic heterocycles. The Kier molecular flexibility index (Phi) is 7.22. The molecule has 0 amide bonds. The Morgan fingerprint density at radius 3 is 2.68 bits per heavy atom. The highest BCUT2D eigenvalue weighted by atomic mass is 35.5. The first-order valence-corrected chi connectivity index (χ1v) is 8.61. The molecule has 0 aliphatic heterocycles. The van der Waals surface area contributed by atoms with Crippen molar-refractivity contribution in [3.63, 3.8) is 0 Å². The molecule has 0 atom stereocenters. The van der Waals surface area contributed by atoms with E-state index < -0.39 is 11.9 Å². The average Bonchev–Trinajstić information content (AvgIpc) is 2.63. The molecule has 6 nitrogen and oxygen atoms in total. The van der Waals surface area contributed by atoms with Crippen molar-refractivity contribution in [1.29, 1.82) is 0 Å². The Bertz CT molecular complexity index is 869. The van der Waals surface area contributed by atoms with E-state index in [0.29, 0.717) is 22.2 Å². The number of hydrogen-bond acceptors (Lipinski definition) is 6. The van der Waals surface area contributed by atoms with E-state index in [-0.39, 0.29) is 18.3 Å². The van der Waals surface area contributed by atoms with Gasteiger partial charge in [-0.05, 0) is 44.2 Å². The van der Waals surface area contributed by atoms with E-state index in [0.717, 1.165) is 12.3 Å². The second-order valence-corrected chi connectivity index (χ2v) is 6.35. The number of rotatable bonds is 7. The van der Waals surface area contributed by atoms with Gasteiger partial charge in [-0.1, -0.05) is 11.6 Å². The lowest BCUT2D eigenvalue weighted by Crippen LogP contribution is -2.17. The predicted molar refractivity (Wildman–Crippen MR) is 105 cm³/mol. The number of hydrogen-bond donors (Lipinski definition) is 2. The van der Waals surface area contributed by atoms with E-state index in [4.69, 9.17) is 22.2 Å². The first-order chi connectivity index (χ1) is 13.2. The van der Waals surface area contributed by atoms with Crippen molar-refractivity contribution in [2.75, 3.05) is 11.9 Å². The number of aliphatic imine (C=N–C) groups is 1. The molecule has 0 saturated heterocycles. The molecule has 0 unspecified atom stereocenters. The smallest absolute Gasteiger partial charge is 0.433 e. The van der Waals surface area contributed by atoms with Crippen LogP contribution in [-0.4, -0.2) is 29.6 Å². The van der Waals surface area contributed by atoms with Crippen LogP contribution in [0.3, 0.4) is 0 Å². The molecule has 0 radical (unpaired) electrons. The third-order valence-electron chi connectivity index (χ3n) is 3.33. The maximum absolute atomic E-state index is 12.7. The second-order valence-electron chi connectivity index (χ2n) is 5.94. The number of hydrazone groups is 1. The quantitative estimate of drug-likeness (QED) is 0.392. The topological polar surface area (TPSA) is 84.9 Å². The minimum absolute atomic E-state index is 0.0139. The Labute approximate surface area is 165 Å². The van der Waals surface area contributed by atoms with Crippen molar-refractivity contribution in [3.8, 4) is 5.75 Å². The minimum atomic E-state index is -4.52. The van der Waals surface area contributed by atoms with Gasteiger partial charge in [0, 0.05) is 11.9 Å². The molecule has 0 bridgehead atoms. The van der Waals surface area contributed by atoms with Gasteiger partial charge in [-0.3, -0.25) is 9.98 Å². The molecule has 0 fully saturated rings. The van der Waals surface area contributed by atoms with Crippen LogP contribution in [0.2, 0.25) is 5.02 Å². The molecule has 0 saturated carbocycles. The molecule has 1 heterocycles. The zero-order chi connectivity index (χ0) is 20.7. The molecule has 2 rings (SSSR count). The summed E-state index contributed by atoms with van der Waals surface area (Å²) in [6.45, 7) is 3.85. The van der Waals surface area contributed by atoms with E-state index in [1.807, 2.05) is 13.8 Å². The Balaban J connectivity index is 2.02. The maximum atomic E-state index is 12.7. The van der Waals surface area contributed by atoms with Crippen molar-refractivity contribution in [3.05, 3.63) is 47.2 Å². The number of nitrogens with zero attached hydrogens (tertiary/aromatic N) is 3. The normalized spacial score (nSPS) is 12.6. The van der Waals surface area contributed by atoms with Gasteiger partial charge in [0.05, 0.1) is 35.3 Å². The van der Waals surface area contributed by atoms with Crippen LogP contribution in [0.4, 0.5) is 24.5 Å². The van der Waals surface area contributed by atoms with Crippen molar-refractivity contribution >= 4 is 34.9 Å². The molecule has 28 heavy (non-hydrogen) atoms. The second kappa shape index (κ2) is 9.41. The zero-order valence-corrected chi connectivity index (χ0v) is 15.9. The molecule has 1 aromatic carbocycles. The lowest BCUT2D eigenvalue weighted by molar-refractivity contribution is -0.141. The number of anilines is 1. The van der Waals surface area contributed by atoms with Gasteiger partial charge in [-0.25, -0.2) is 0 Å². The summed E-state index contributed by atoms with van der Waals surface area (Å²) in [5.74, 6) is 5.87. The van der Waals surface area contributed by atoms with Crippen LogP contribution in [0.1, 0.15) is 19.5 Å². The zero-order valence-electron chi connectivity index (χ0n) is 15.2. The van der Waals surface area contributed by atoms with Crippen LogP contribution < -0.4 is 15.9 Å². The van der Waals surface area contributed by atoms with E-state index in [9.17, 15) is 13.2 Å². The molecular weight excluding hydrogens is 395 g/mol. The predicted octanol–water partition coefficient (Wildman–Crippen LogP) is 4.67. The number of aromatic nitrogens is 1. The van der Waals surface area contributed by atoms with Gasteiger partial charge in [0.1, 0.15) is 11.4 Å². The highest BCUT2D eigenvalue weighted by Gasteiger charge is 2.32. The fourth-order valence-corrected chi connectivity index (χ4v) is 2.30. The van der Waals surface area contributed by atoms with E-state index in [2.05, 4.69) is 20.4 Å². The van der Waals surface area contributed by atoms with Crippen LogP contribution in [0.5, 0.6) is 5.75 Å². The minimum Gasteiger partial charge on any atom is -0.489 e. The highest BCUT2D eigenvalue weighted by molar-refractivity contribution is 6.33. The van der Waals surface area contributed by atoms with E-state index >= 15 is 0 Å². The molecule has 3 N–H and O–H groups in total. The number of ether oxygens (including phenoxy) is 1. The fourth-order valence-electron chi connectivity index (χ4n) is 2.08. The number of nitrogens with one attached hydrogen (secondary N) is 1. The number of alkyl halides is 3. The van der Waals surface area contributed by atoms with E-state index in [1.54, 1.807) is 18.2 Å². The average molecular weight is 414 g/mol. The van der Waals surface area contributed by atoms with Crippen molar-refractivity contribution in [2.24, 2.45) is 15.9 Å². The van der Waals surface area contributed by atoms with Gasteiger partial charge < -0.3 is 15.9 Å². The number of nitrogens with two attached hydrogens (primary N) is 1. The summed E-state index contributed by atoms with van der Waals surface area (Å²) in [5.41, 5.74) is 0.111. The van der Waals surface area contributed by atoms with Crippen LogP contribution in [0.15, 0.2) is 46.6 Å². The highest BCUT2D eigenvalue weighted by Crippen LogP contribution is 2.30. The summed E-state index contributed by atoms with van der Waals surface area (Å²) < 4.78 is 43.6. The molecule has 2 aromatic rings. The number of halogens is 4. The molecule has 0 aliphatic carbocycles. The standard InChI is InChI=1S/C18H19ClF3N5O/c1-11(2)28-16-4-3-12(7-15(16)19)25-9-14(27-23)10-26-13-5-6-24-17(8-13)18(20,21)22/h3-9,11H,10,23H2,1-2H3,(H,24,26)/b25-9?,27-14+. The SMILES string of the molecule is CC(C)Oc1ccc(N=C/C(CNc2ccnc(C(F)(F)F)c2)=N\N)cc1Cl. The van der Waals surface area contributed by atoms with Gasteiger partial charge in [-0.15, -0.1) is 0 Å². The van der Waals surface area contributed by atoms with Crippen LogP contribution in [-0.2, 0) is 6.18 Å². The summed E-state index contributed by atoms with van der Waals surface area (Å²) in [5, 5.41) is 6.78. The van der Waals surface area contributed by atoms with Crippen molar-refractivity contribution in [2.45, 2.75) is 26.1 Å². The van der Waals surface area contributed by atoms with E-state index in [1.165, 1.54) is 12.3 Å². The first kappa shape index (κ1) is 21.5. The largest absolute Gasteiger partial charge is 0.489 e. The molecular formula is C18H19ClF3N5O. The van der Waals surface area contributed by atoms with Gasteiger partial charge in [0.25, 0.3) is 0 Å². The monoisotopic (exact) mass is 413 g/mol. The van der Waals surface area contributed by atoms with Crippen LogP contribution >= 0.6 is 11.6 Å².